The van der Waals surface area contributed by atoms with Gasteiger partial charge in [0.1, 0.15) is 0 Å². The molecule has 0 bridgehead atoms. The maximum Gasteiger partial charge on any atom is 0.185 e. The number of anilines is 1. The second-order valence-corrected chi connectivity index (χ2v) is 6.64. The molecule has 0 radical (unpaired) electrons. The molecule has 1 aliphatic heterocycles. The molecule has 0 aliphatic carbocycles. The molecule has 0 amide bonds. The lowest BCUT2D eigenvalue weighted by Crippen LogP contribution is -2.38. The average Bonchev–Trinajstić information content (AvgIpc) is 2.87. The van der Waals surface area contributed by atoms with Gasteiger partial charge in [0, 0.05) is 18.5 Å². The Labute approximate surface area is 119 Å². The van der Waals surface area contributed by atoms with Crippen molar-refractivity contribution in [3.05, 3.63) is 11.1 Å². The molecule has 1 fully saturated rings. The highest BCUT2D eigenvalue weighted by atomic mass is 32.1. The molecule has 0 unspecified atom stereocenters. The molecular formula is C14H24N2O2S. The highest BCUT2D eigenvalue weighted by molar-refractivity contribution is 7.13. The molecule has 0 aromatic carbocycles. The molecular weight excluding hydrogens is 260 g/mol. The van der Waals surface area contributed by atoms with Gasteiger partial charge in [-0.3, -0.25) is 0 Å². The number of aliphatic hydroxyl groups excluding tert-OH is 2. The first-order valence-corrected chi connectivity index (χ1v) is 7.96. The van der Waals surface area contributed by atoms with Crippen molar-refractivity contribution < 1.29 is 10.2 Å². The standard InChI is InChI=1S/C14H24N2O2S/c1-10(2)7-13(18)11-3-5-16(6-4-11)14-15-12(8-17)9-19-14/h9-11,13,17-18H,3-8H2,1-2H3/t13-/m1/s1. The summed E-state index contributed by atoms with van der Waals surface area (Å²) in [6.07, 6.45) is 2.80. The summed E-state index contributed by atoms with van der Waals surface area (Å²) in [5.41, 5.74) is 0.752. The van der Waals surface area contributed by atoms with Crippen LogP contribution in [0.25, 0.3) is 0 Å². The van der Waals surface area contributed by atoms with Crippen LogP contribution in [0.15, 0.2) is 5.38 Å². The second kappa shape index (κ2) is 6.68. The zero-order chi connectivity index (χ0) is 13.8. The number of hydrogen-bond donors (Lipinski definition) is 2. The van der Waals surface area contributed by atoms with Gasteiger partial charge in [-0.05, 0) is 31.1 Å². The number of rotatable bonds is 5. The Kier molecular flexibility index (Phi) is 5.19. The molecule has 4 nitrogen and oxygen atoms in total. The molecule has 108 valence electrons. The molecule has 1 aromatic rings. The lowest BCUT2D eigenvalue weighted by atomic mass is 9.87. The Morgan fingerprint density at radius 1 is 1.42 bits per heavy atom. The van der Waals surface area contributed by atoms with Crippen molar-refractivity contribution >= 4 is 16.5 Å². The maximum absolute atomic E-state index is 10.2. The van der Waals surface area contributed by atoms with Gasteiger partial charge < -0.3 is 15.1 Å². The van der Waals surface area contributed by atoms with Crippen molar-refractivity contribution in [1.82, 2.24) is 4.98 Å². The van der Waals surface area contributed by atoms with Crippen LogP contribution in [0.5, 0.6) is 0 Å². The second-order valence-electron chi connectivity index (χ2n) is 5.80. The highest BCUT2D eigenvalue weighted by Gasteiger charge is 2.26. The van der Waals surface area contributed by atoms with Crippen LogP contribution in [0.1, 0.15) is 38.8 Å². The Morgan fingerprint density at radius 2 is 2.11 bits per heavy atom. The van der Waals surface area contributed by atoms with Crippen LogP contribution in [0.2, 0.25) is 0 Å². The highest BCUT2D eigenvalue weighted by Crippen LogP contribution is 2.29. The largest absolute Gasteiger partial charge is 0.393 e. The minimum Gasteiger partial charge on any atom is -0.393 e. The first-order valence-electron chi connectivity index (χ1n) is 7.08. The molecule has 2 heterocycles. The van der Waals surface area contributed by atoms with Gasteiger partial charge >= 0.3 is 0 Å². The maximum atomic E-state index is 10.2. The van der Waals surface area contributed by atoms with Crippen molar-refractivity contribution in [2.45, 2.75) is 45.8 Å². The molecule has 5 heteroatoms. The van der Waals surface area contributed by atoms with Gasteiger partial charge in [-0.2, -0.15) is 0 Å². The first kappa shape index (κ1) is 14.8. The third kappa shape index (κ3) is 3.91. The quantitative estimate of drug-likeness (QED) is 0.871. The van der Waals surface area contributed by atoms with E-state index in [0.717, 1.165) is 43.2 Å². The fourth-order valence-corrected chi connectivity index (χ4v) is 3.54. The van der Waals surface area contributed by atoms with Crippen LogP contribution in [0.4, 0.5) is 5.13 Å². The Balaban J connectivity index is 1.85. The third-order valence-corrected chi connectivity index (χ3v) is 4.72. The lowest BCUT2D eigenvalue weighted by Gasteiger charge is -2.34. The Hall–Kier alpha value is -0.650. The molecule has 19 heavy (non-hydrogen) atoms. The summed E-state index contributed by atoms with van der Waals surface area (Å²) in [6, 6.07) is 0. The third-order valence-electron chi connectivity index (χ3n) is 3.77. The van der Waals surface area contributed by atoms with Crippen molar-refractivity contribution in [2.24, 2.45) is 11.8 Å². The van der Waals surface area contributed by atoms with E-state index in [1.165, 1.54) is 0 Å². The molecule has 1 aliphatic rings. The van der Waals surface area contributed by atoms with Crippen LogP contribution < -0.4 is 4.90 Å². The summed E-state index contributed by atoms with van der Waals surface area (Å²) in [7, 11) is 0. The summed E-state index contributed by atoms with van der Waals surface area (Å²) in [5.74, 6) is 0.982. The minimum atomic E-state index is -0.161. The van der Waals surface area contributed by atoms with Crippen LogP contribution in [-0.4, -0.2) is 34.4 Å². The first-order chi connectivity index (χ1) is 9.10. The zero-order valence-corrected chi connectivity index (χ0v) is 12.6. The van der Waals surface area contributed by atoms with Gasteiger partial charge in [-0.25, -0.2) is 4.98 Å². The molecule has 0 saturated carbocycles. The van der Waals surface area contributed by atoms with Crippen LogP contribution in [0.3, 0.4) is 0 Å². The van der Waals surface area contributed by atoms with Gasteiger partial charge in [0.05, 0.1) is 18.4 Å². The fraction of sp³-hybridized carbons (Fsp3) is 0.786. The summed E-state index contributed by atoms with van der Waals surface area (Å²) in [4.78, 5) is 6.67. The van der Waals surface area contributed by atoms with Crippen molar-refractivity contribution in [1.29, 1.82) is 0 Å². The summed E-state index contributed by atoms with van der Waals surface area (Å²) in [6.45, 7) is 6.24. The predicted molar refractivity (Wildman–Crippen MR) is 78.4 cm³/mol. The minimum absolute atomic E-state index is 0.0140. The van der Waals surface area contributed by atoms with Gasteiger partial charge in [0.2, 0.25) is 0 Å². The summed E-state index contributed by atoms with van der Waals surface area (Å²) >= 11 is 1.59. The summed E-state index contributed by atoms with van der Waals surface area (Å²) in [5, 5.41) is 22.1. The van der Waals surface area contributed by atoms with Gasteiger partial charge in [-0.15, -0.1) is 11.3 Å². The predicted octanol–water partition coefficient (Wildman–Crippen LogP) is 2.26. The molecule has 1 atom stereocenters. The molecule has 1 aromatic heterocycles. The van der Waals surface area contributed by atoms with Crippen molar-refractivity contribution in [3.8, 4) is 0 Å². The van der Waals surface area contributed by atoms with E-state index in [1.807, 2.05) is 5.38 Å². The number of nitrogens with zero attached hydrogens (tertiary/aromatic N) is 2. The van der Waals surface area contributed by atoms with E-state index in [9.17, 15) is 5.11 Å². The van der Waals surface area contributed by atoms with E-state index in [2.05, 4.69) is 23.7 Å². The Bertz CT molecular complexity index is 387. The van der Waals surface area contributed by atoms with E-state index in [4.69, 9.17) is 5.11 Å². The van der Waals surface area contributed by atoms with Gasteiger partial charge in [-0.1, -0.05) is 13.8 Å². The number of aliphatic hydroxyl groups is 2. The zero-order valence-electron chi connectivity index (χ0n) is 11.7. The van der Waals surface area contributed by atoms with Crippen LogP contribution >= 0.6 is 11.3 Å². The van der Waals surface area contributed by atoms with E-state index >= 15 is 0 Å². The van der Waals surface area contributed by atoms with E-state index in [1.54, 1.807) is 11.3 Å². The van der Waals surface area contributed by atoms with E-state index in [0.29, 0.717) is 11.8 Å². The molecule has 0 spiro atoms. The van der Waals surface area contributed by atoms with Gasteiger partial charge in [0.25, 0.3) is 0 Å². The van der Waals surface area contributed by atoms with E-state index in [-0.39, 0.29) is 12.7 Å². The SMILES string of the molecule is CC(C)C[C@@H](O)C1CCN(c2nc(CO)cs2)CC1. The normalized spacial score (nSPS) is 19.1. The average molecular weight is 284 g/mol. The van der Waals surface area contributed by atoms with Crippen LogP contribution in [-0.2, 0) is 6.61 Å². The van der Waals surface area contributed by atoms with Crippen LogP contribution in [0, 0.1) is 11.8 Å². The van der Waals surface area contributed by atoms with Crippen molar-refractivity contribution in [3.63, 3.8) is 0 Å². The molecule has 2 N–H and O–H groups in total. The number of hydrogen-bond acceptors (Lipinski definition) is 5. The number of piperidine rings is 1. The van der Waals surface area contributed by atoms with E-state index < -0.39 is 0 Å². The molecule has 1 saturated heterocycles. The summed E-state index contributed by atoms with van der Waals surface area (Å²) < 4.78 is 0. The fourth-order valence-electron chi connectivity index (χ4n) is 2.67. The van der Waals surface area contributed by atoms with Crippen molar-refractivity contribution in [2.75, 3.05) is 18.0 Å². The number of aromatic nitrogens is 1. The Morgan fingerprint density at radius 3 is 2.63 bits per heavy atom. The molecule has 2 rings (SSSR count). The number of thiazole rings is 1. The van der Waals surface area contributed by atoms with Gasteiger partial charge in [0.15, 0.2) is 5.13 Å². The smallest absolute Gasteiger partial charge is 0.185 e. The lowest BCUT2D eigenvalue weighted by molar-refractivity contribution is 0.0735. The topological polar surface area (TPSA) is 56.6 Å². The monoisotopic (exact) mass is 284 g/mol.